The lowest BCUT2D eigenvalue weighted by atomic mass is 9.96. The summed E-state index contributed by atoms with van der Waals surface area (Å²) in [5, 5.41) is 0. The zero-order chi connectivity index (χ0) is 10.4. The van der Waals surface area contributed by atoms with Gasteiger partial charge >= 0.3 is 0 Å². The van der Waals surface area contributed by atoms with E-state index in [-0.39, 0.29) is 0 Å². The quantitative estimate of drug-likeness (QED) is 0.674. The van der Waals surface area contributed by atoms with Gasteiger partial charge in [0.25, 0.3) is 0 Å². The number of rotatable bonds is 3. The van der Waals surface area contributed by atoms with E-state index in [1.807, 2.05) is 31.2 Å². The molecule has 14 heavy (non-hydrogen) atoms. The Morgan fingerprint density at radius 1 is 1.43 bits per heavy atom. The van der Waals surface area contributed by atoms with Crippen LogP contribution in [0.25, 0.3) is 0 Å². The van der Waals surface area contributed by atoms with Crippen LogP contribution in [0.5, 0.6) is 0 Å². The number of hydrogen-bond acceptors (Lipinski definition) is 1. The van der Waals surface area contributed by atoms with Gasteiger partial charge in [-0.25, -0.2) is 0 Å². The first kappa shape index (κ1) is 10.6. The molecule has 0 amide bonds. The standard InChI is InChI=1S/C13H17N/c1-3-5-8-11(4-2)12-9-6-7-10-13(12)14/h3-5,8-10H,2,6-7,14H2,1H3/b5-3-,11-8+. The molecule has 74 valence electrons. The van der Waals surface area contributed by atoms with E-state index in [1.165, 1.54) is 0 Å². The second-order valence-corrected chi connectivity index (χ2v) is 3.21. The normalized spacial score (nSPS) is 17.9. The number of nitrogens with two attached hydrogens (primary N) is 1. The van der Waals surface area contributed by atoms with Gasteiger partial charge in [0, 0.05) is 11.3 Å². The summed E-state index contributed by atoms with van der Waals surface area (Å²) in [7, 11) is 0. The van der Waals surface area contributed by atoms with Crippen molar-refractivity contribution in [2.24, 2.45) is 5.73 Å². The fourth-order valence-corrected chi connectivity index (χ4v) is 1.45. The molecule has 1 aliphatic rings. The second-order valence-electron chi connectivity index (χ2n) is 3.21. The minimum absolute atomic E-state index is 0.868. The number of hydrogen-bond donors (Lipinski definition) is 1. The molecule has 0 aromatic heterocycles. The molecule has 1 nitrogen and oxygen atoms in total. The van der Waals surface area contributed by atoms with Crippen LogP contribution in [0.1, 0.15) is 19.8 Å². The third kappa shape index (κ3) is 2.49. The van der Waals surface area contributed by atoms with Gasteiger partial charge in [0.15, 0.2) is 0 Å². The lowest BCUT2D eigenvalue weighted by Gasteiger charge is -2.12. The van der Waals surface area contributed by atoms with Crippen molar-refractivity contribution in [2.75, 3.05) is 0 Å². The largest absolute Gasteiger partial charge is 0.398 e. The SMILES string of the molecule is C=C/C(=C\C=C/C)C1=CCCC=C1N. The molecule has 0 atom stereocenters. The zero-order valence-corrected chi connectivity index (χ0v) is 8.66. The smallest absolute Gasteiger partial charge is 0.0350 e. The van der Waals surface area contributed by atoms with E-state index in [0.29, 0.717) is 0 Å². The molecule has 0 aromatic rings. The molecule has 0 spiro atoms. The maximum atomic E-state index is 5.91. The van der Waals surface area contributed by atoms with Crippen molar-refractivity contribution in [1.82, 2.24) is 0 Å². The highest BCUT2D eigenvalue weighted by molar-refractivity contribution is 5.52. The van der Waals surface area contributed by atoms with Crippen molar-refractivity contribution in [2.45, 2.75) is 19.8 Å². The Balaban J connectivity index is 2.95. The van der Waals surface area contributed by atoms with E-state index in [1.54, 1.807) is 0 Å². The average molecular weight is 187 g/mol. The molecule has 0 heterocycles. The van der Waals surface area contributed by atoms with Gasteiger partial charge in [-0.15, -0.1) is 0 Å². The highest BCUT2D eigenvalue weighted by atomic mass is 14.6. The molecule has 1 aliphatic carbocycles. The van der Waals surface area contributed by atoms with Gasteiger partial charge in [-0.2, -0.15) is 0 Å². The first-order valence-corrected chi connectivity index (χ1v) is 4.91. The third-order valence-corrected chi connectivity index (χ3v) is 2.19. The summed E-state index contributed by atoms with van der Waals surface area (Å²) in [4.78, 5) is 0. The zero-order valence-electron chi connectivity index (χ0n) is 8.66. The molecular weight excluding hydrogens is 170 g/mol. The fraction of sp³-hybridized carbons (Fsp3) is 0.231. The maximum absolute atomic E-state index is 5.91. The second kappa shape index (κ2) is 5.28. The highest BCUT2D eigenvalue weighted by Gasteiger charge is 2.07. The Kier molecular flexibility index (Phi) is 3.99. The van der Waals surface area contributed by atoms with Crippen LogP contribution in [0, 0.1) is 0 Å². The molecule has 0 radical (unpaired) electrons. The molecular formula is C13H17N. The average Bonchev–Trinajstić information content (AvgIpc) is 2.21. The summed E-state index contributed by atoms with van der Waals surface area (Å²) in [5.74, 6) is 0. The number of allylic oxidation sites excluding steroid dienone is 7. The van der Waals surface area contributed by atoms with Crippen molar-refractivity contribution in [3.05, 3.63) is 59.9 Å². The first-order chi connectivity index (χ1) is 6.79. The Morgan fingerprint density at radius 2 is 2.14 bits per heavy atom. The van der Waals surface area contributed by atoms with Gasteiger partial charge in [-0.05, 0) is 25.3 Å². The van der Waals surface area contributed by atoms with Gasteiger partial charge in [0.1, 0.15) is 0 Å². The Bertz CT molecular complexity index is 327. The molecule has 0 saturated carbocycles. The molecule has 0 fully saturated rings. The van der Waals surface area contributed by atoms with E-state index in [2.05, 4.69) is 18.7 Å². The summed E-state index contributed by atoms with van der Waals surface area (Å²) in [6.45, 7) is 5.79. The van der Waals surface area contributed by atoms with Gasteiger partial charge in [0.2, 0.25) is 0 Å². The van der Waals surface area contributed by atoms with Crippen LogP contribution >= 0.6 is 0 Å². The van der Waals surface area contributed by atoms with Crippen LogP contribution in [-0.4, -0.2) is 0 Å². The van der Waals surface area contributed by atoms with E-state index < -0.39 is 0 Å². The molecule has 1 rings (SSSR count). The molecule has 2 N–H and O–H groups in total. The van der Waals surface area contributed by atoms with E-state index >= 15 is 0 Å². The Hall–Kier alpha value is -1.50. The van der Waals surface area contributed by atoms with Crippen LogP contribution in [-0.2, 0) is 0 Å². The Labute approximate surface area is 86.0 Å². The van der Waals surface area contributed by atoms with E-state index in [4.69, 9.17) is 5.73 Å². The van der Waals surface area contributed by atoms with Crippen LogP contribution in [0.15, 0.2) is 59.9 Å². The van der Waals surface area contributed by atoms with Gasteiger partial charge in [-0.3, -0.25) is 0 Å². The summed E-state index contributed by atoms with van der Waals surface area (Å²) in [6.07, 6.45) is 14.2. The summed E-state index contributed by atoms with van der Waals surface area (Å²) in [5.41, 5.74) is 8.98. The van der Waals surface area contributed by atoms with Gasteiger partial charge < -0.3 is 5.73 Å². The van der Waals surface area contributed by atoms with Crippen molar-refractivity contribution < 1.29 is 0 Å². The van der Waals surface area contributed by atoms with Gasteiger partial charge in [0.05, 0.1) is 0 Å². The summed E-state index contributed by atoms with van der Waals surface area (Å²) < 4.78 is 0. The topological polar surface area (TPSA) is 26.0 Å². The summed E-state index contributed by atoms with van der Waals surface area (Å²) >= 11 is 0. The van der Waals surface area contributed by atoms with Crippen molar-refractivity contribution in [3.63, 3.8) is 0 Å². The predicted octanol–water partition coefficient (Wildman–Crippen LogP) is 3.24. The van der Waals surface area contributed by atoms with Crippen molar-refractivity contribution in [1.29, 1.82) is 0 Å². The van der Waals surface area contributed by atoms with Crippen LogP contribution in [0.3, 0.4) is 0 Å². The molecule has 1 heteroatoms. The van der Waals surface area contributed by atoms with Crippen LogP contribution in [0.2, 0.25) is 0 Å². The molecule has 0 aromatic carbocycles. The minimum Gasteiger partial charge on any atom is -0.398 e. The predicted molar refractivity (Wildman–Crippen MR) is 62.7 cm³/mol. The molecule has 0 aliphatic heterocycles. The highest BCUT2D eigenvalue weighted by Crippen LogP contribution is 2.22. The Morgan fingerprint density at radius 3 is 2.71 bits per heavy atom. The molecule has 0 bridgehead atoms. The van der Waals surface area contributed by atoms with Crippen LogP contribution in [0.4, 0.5) is 0 Å². The van der Waals surface area contributed by atoms with E-state index in [9.17, 15) is 0 Å². The monoisotopic (exact) mass is 187 g/mol. The molecule has 0 saturated heterocycles. The maximum Gasteiger partial charge on any atom is 0.0350 e. The van der Waals surface area contributed by atoms with E-state index in [0.717, 1.165) is 29.7 Å². The summed E-state index contributed by atoms with van der Waals surface area (Å²) in [6, 6.07) is 0. The first-order valence-electron chi connectivity index (χ1n) is 4.91. The van der Waals surface area contributed by atoms with Gasteiger partial charge in [-0.1, -0.05) is 43.0 Å². The van der Waals surface area contributed by atoms with Crippen molar-refractivity contribution >= 4 is 0 Å². The lowest BCUT2D eigenvalue weighted by Crippen LogP contribution is -2.05. The third-order valence-electron chi connectivity index (χ3n) is 2.19. The minimum atomic E-state index is 0.868. The molecule has 0 unspecified atom stereocenters. The lowest BCUT2D eigenvalue weighted by molar-refractivity contribution is 0.989. The fourth-order valence-electron chi connectivity index (χ4n) is 1.45. The van der Waals surface area contributed by atoms with Crippen LogP contribution < -0.4 is 5.73 Å². The van der Waals surface area contributed by atoms with Crippen molar-refractivity contribution in [3.8, 4) is 0 Å².